The Kier molecular flexibility index (Phi) is 8.04. The van der Waals surface area contributed by atoms with Crippen LogP contribution in [0.1, 0.15) is 18.9 Å². The lowest BCUT2D eigenvalue weighted by molar-refractivity contribution is -0.131. The van der Waals surface area contributed by atoms with Crippen LogP contribution in [0.3, 0.4) is 0 Å². The molecule has 0 radical (unpaired) electrons. The molecule has 2 aromatic carbocycles. The number of aryl methyl sites for hydroxylation is 1. The molecule has 29 heavy (non-hydrogen) atoms. The molecule has 1 amide bonds. The SMILES string of the molecule is COc1ccc(S(=O)(=O)N[C@@H](C)C(=O)N(C)CCCOc2ccccc2C)cc1. The van der Waals surface area contributed by atoms with E-state index in [1.54, 1.807) is 19.2 Å². The Labute approximate surface area is 172 Å². The molecule has 7 nitrogen and oxygen atoms in total. The molecule has 158 valence electrons. The molecule has 2 aromatic rings. The molecular weight excluding hydrogens is 392 g/mol. The smallest absolute Gasteiger partial charge is 0.241 e. The number of sulfonamides is 1. The van der Waals surface area contributed by atoms with Crippen LogP contribution >= 0.6 is 0 Å². The van der Waals surface area contributed by atoms with Gasteiger partial charge in [0.1, 0.15) is 11.5 Å². The topological polar surface area (TPSA) is 84.9 Å². The van der Waals surface area contributed by atoms with E-state index in [9.17, 15) is 13.2 Å². The molecule has 2 rings (SSSR count). The van der Waals surface area contributed by atoms with Crippen LogP contribution in [0, 0.1) is 6.92 Å². The molecule has 0 aliphatic rings. The van der Waals surface area contributed by atoms with Crippen molar-refractivity contribution in [3.8, 4) is 11.5 Å². The van der Waals surface area contributed by atoms with Crippen molar-refractivity contribution in [3.63, 3.8) is 0 Å². The fourth-order valence-electron chi connectivity index (χ4n) is 2.75. The number of nitrogens with one attached hydrogen (secondary N) is 1. The van der Waals surface area contributed by atoms with Crippen LogP contribution in [0.4, 0.5) is 0 Å². The first-order valence-electron chi connectivity index (χ1n) is 9.34. The summed E-state index contributed by atoms with van der Waals surface area (Å²) in [5.41, 5.74) is 1.05. The first kappa shape index (κ1) is 22.7. The number of nitrogens with zero attached hydrogens (tertiary/aromatic N) is 1. The van der Waals surface area contributed by atoms with E-state index < -0.39 is 16.1 Å². The van der Waals surface area contributed by atoms with Crippen molar-refractivity contribution in [2.45, 2.75) is 31.2 Å². The Morgan fingerprint density at radius 1 is 1.14 bits per heavy atom. The van der Waals surface area contributed by atoms with Crippen molar-refractivity contribution < 1.29 is 22.7 Å². The van der Waals surface area contributed by atoms with Gasteiger partial charge in [0, 0.05) is 13.6 Å². The highest BCUT2D eigenvalue weighted by Gasteiger charge is 2.24. The molecule has 1 atom stereocenters. The standard InChI is InChI=1S/C21H28N2O5S/c1-16-8-5-6-9-20(16)28-15-7-14-23(3)21(24)17(2)22-29(25,26)19-12-10-18(27-4)11-13-19/h5-6,8-13,17,22H,7,14-15H2,1-4H3/t17-/m0/s1. The average molecular weight is 421 g/mol. The lowest BCUT2D eigenvalue weighted by Gasteiger charge is -2.22. The van der Waals surface area contributed by atoms with Crippen molar-refractivity contribution in [1.29, 1.82) is 0 Å². The summed E-state index contributed by atoms with van der Waals surface area (Å²) in [4.78, 5) is 14.1. The lowest BCUT2D eigenvalue weighted by Crippen LogP contribution is -2.45. The third-order valence-electron chi connectivity index (χ3n) is 4.44. The first-order chi connectivity index (χ1) is 13.7. The van der Waals surface area contributed by atoms with Crippen molar-refractivity contribution in [1.82, 2.24) is 9.62 Å². The number of para-hydroxylation sites is 1. The summed E-state index contributed by atoms with van der Waals surface area (Å²) in [7, 11) is -0.655. The highest BCUT2D eigenvalue weighted by molar-refractivity contribution is 7.89. The largest absolute Gasteiger partial charge is 0.497 e. The monoisotopic (exact) mass is 420 g/mol. The van der Waals surface area contributed by atoms with E-state index in [0.717, 1.165) is 11.3 Å². The average Bonchev–Trinajstić information content (AvgIpc) is 2.71. The second kappa shape index (κ2) is 10.3. The predicted octanol–water partition coefficient (Wildman–Crippen LogP) is 2.60. The minimum atomic E-state index is -3.81. The summed E-state index contributed by atoms with van der Waals surface area (Å²) in [6.45, 7) is 4.43. The Balaban J connectivity index is 1.84. The molecule has 0 aromatic heterocycles. The third-order valence-corrected chi connectivity index (χ3v) is 5.99. The summed E-state index contributed by atoms with van der Waals surface area (Å²) >= 11 is 0. The predicted molar refractivity (Wildman–Crippen MR) is 112 cm³/mol. The number of likely N-dealkylation sites (N-methyl/N-ethyl adjacent to an activating group) is 1. The first-order valence-corrected chi connectivity index (χ1v) is 10.8. The molecule has 0 aliphatic heterocycles. The Morgan fingerprint density at radius 2 is 1.79 bits per heavy atom. The zero-order chi connectivity index (χ0) is 21.4. The molecule has 0 heterocycles. The van der Waals surface area contributed by atoms with E-state index in [-0.39, 0.29) is 10.8 Å². The van der Waals surface area contributed by atoms with Crippen LogP contribution in [0.25, 0.3) is 0 Å². The van der Waals surface area contributed by atoms with Gasteiger partial charge in [-0.2, -0.15) is 4.72 Å². The van der Waals surface area contributed by atoms with Gasteiger partial charge in [0.15, 0.2) is 0 Å². The molecule has 0 saturated heterocycles. The highest BCUT2D eigenvalue weighted by Crippen LogP contribution is 2.17. The van der Waals surface area contributed by atoms with Crippen LogP contribution in [-0.4, -0.2) is 52.6 Å². The molecule has 0 bridgehead atoms. The van der Waals surface area contributed by atoms with Gasteiger partial charge in [-0.1, -0.05) is 18.2 Å². The quantitative estimate of drug-likeness (QED) is 0.597. The molecule has 1 N–H and O–H groups in total. The maximum Gasteiger partial charge on any atom is 0.241 e. The summed E-state index contributed by atoms with van der Waals surface area (Å²) < 4.78 is 38.1. The highest BCUT2D eigenvalue weighted by atomic mass is 32.2. The van der Waals surface area contributed by atoms with Crippen molar-refractivity contribution in [2.24, 2.45) is 0 Å². The number of hydrogen-bond donors (Lipinski definition) is 1. The number of ether oxygens (including phenoxy) is 2. The molecule has 8 heteroatoms. The van der Waals surface area contributed by atoms with E-state index in [4.69, 9.17) is 9.47 Å². The van der Waals surface area contributed by atoms with Crippen LogP contribution in [0.2, 0.25) is 0 Å². The number of carbonyl (C=O) groups excluding carboxylic acids is 1. The Morgan fingerprint density at radius 3 is 2.41 bits per heavy atom. The fourth-order valence-corrected chi connectivity index (χ4v) is 3.95. The van der Waals surface area contributed by atoms with Gasteiger partial charge >= 0.3 is 0 Å². The number of benzene rings is 2. The van der Waals surface area contributed by atoms with E-state index in [1.165, 1.54) is 31.1 Å². The van der Waals surface area contributed by atoms with Crippen LogP contribution in [0.15, 0.2) is 53.4 Å². The van der Waals surface area contributed by atoms with Gasteiger partial charge in [-0.15, -0.1) is 0 Å². The molecule has 0 aliphatic carbocycles. The maximum atomic E-state index is 12.5. The van der Waals surface area contributed by atoms with Crippen LogP contribution in [-0.2, 0) is 14.8 Å². The van der Waals surface area contributed by atoms with E-state index in [1.807, 2.05) is 31.2 Å². The van der Waals surface area contributed by atoms with Crippen molar-refractivity contribution >= 4 is 15.9 Å². The zero-order valence-corrected chi connectivity index (χ0v) is 18.0. The minimum Gasteiger partial charge on any atom is -0.497 e. The molecule has 0 saturated carbocycles. The van der Waals surface area contributed by atoms with Crippen molar-refractivity contribution in [3.05, 3.63) is 54.1 Å². The number of carbonyl (C=O) groups is 1. The third kappa shape index (κ3) is 6.47. The van der Waals surface area contributed by atoms with Gasteiger partial charge in [-0.05, 0) is 56.2 Å². The number of rotatable bonds is 10. The minimum absolute atomic E-state index is 0.0761. The molecule has 0 unspecified atom stereocenters. The van der Waals surface area contributed by atoms with Gasteiger partial charge in [0.25, 0.3) is 0 Å². The fraction of sp³-hybridized carbons (Fsp3) is 0.381. The molecule has 0 fully saturated rings. The summed E-state index contributed by atoms with van der Waals surface area (Å²) in [5.74, 6) is 1.07. The summed E-state index contributed by atoms with van der Waals surface area (Å²) in [6.07, 6.45) is 0.633. The number of hydrogen-bond acceptors (Lipinski definition) is 5. The van der Waals surface area contributed by atoms with Crippen molar-refractivity contribution in [2.75, 3.05) is 27.3 Å². The number of methoxy groups -OCH3 is 1. The second-order valence-corrected chi connectivity index (χ2v) is 8.46. The summed E-state index contributed by atoms with van der Waals surface area (Å²) in [5, 5.41) is 0. The lowest BCUT2D eigenvalue weighted by atomic mass is 10.2. The van der Waals surface area contributed by atoms with Crippen LogP contribution in [0.5, 0.6) is 11.5 Å². The normalized spacial score (nSPS) is 12.3. The van der Waals surface area contributed by atoms with Gasteiger partial charge in [-0.25, -0.2) is 8.42 Å². The van der Waals surface area contributed by atoms with E-state index in [0.29, 0.717) is 25.3 Å². The maximum absolute atomic E-state index is 12.5. The van der Waals surface area contributed by atoms with Gasteiger partial charge < -0.3 is 14.4 Å². The van der Waals surface area contributed by atoms with Crippen LogP contribution < -0.4 is 14.2 Å². The van der Waals surface area contributed by atoms with E-state index >= 15 is 0 Å². The Bertz CT molecular complexity index is 913. The second-order valence-electron chi connectivity index (χ2n) is 6.75. The van der Waals surface area contributed by atoms with E-state index in [2.05, 4.69) is 4.72 Å². The zero-order valence-electron chi connectivity index (χ0n) is 17.2. The molecular formula is C21H28N2O5S. The molecule has 0 spiro atoms. The van der Waals surface area contributed by atoms with Gasteiger partial charge in [0.05, 0.1) is 24.7 Å². The Hall–Kier alpha value is -2.58. The van der Waals surface area contributed by atoms with Gasteiger partial charge in [-0.3, -0.25) is 4.79 Å². The summed E-state index contributed by atoms with van der Waals surface area (Å²) in [6, 6.07) is 12.8. The number of amides is 1. The van der Waals surface area contributed by atoms with Gasteiger partial charge in [0.2, 0.25) is 15.9 Å².